The van der Waals surface area contributed by atoms with Crippen molar-refractivity contribution in [3.8, 4) is 0 Å². The summed E-state index contributed by atoms with van der Waals surface area (Å²) >= 11 is 2.09. The first-order valence-corrected chi connectivity index (χ1v) is 10.9. The number of rotatable bonds is 7. The lowest BCUT2D eigenvalue weighted by Crippen LogP contribution is -2.14. The van der Waals surface area contributed by atoms with Gasteiger partial charge in [0.05, 0.1) is 28.6 Å². The Hall–Kier alpha value is -3.31. The van der Waals surface area contributed by atoms with Crippen LogP contribution >= 0.6 is 22.7 Å². The first kappa shape index (κ1) is 22.4. The lowest BCUT2D eigenvalue weighted by atomic mass is 10.1. The van der Waals surface area contributed by atoms with E-state index in [2.05, 4.69) is 5.32 Å². The van der Waals surface area contributed by atoms with E-state index in [0.29, 0.717) is 20.5 Å². The summed E-state index contributed by atoms with van der Waals surface area (Å²) in [5.41, 5.74) is 0.388. The van der Waals surface area contributed by atoms with Crippen LogP contribution < -0.4 is 5.32 Å². The minimum Gasteiger partial charge on any atom is -0.462 e. The Morgan fingerprint density at radius 2 is 1.74 bits per heavy atom. The van der Waals surface area contributed by atoms with E-state index in [1.54, 1.807) is 32.9 Å². The highest BCUT2D eigenvalue weighted by atomic mass is 32.1. The van der Waals surface area contributed by atoms with E-state index in [-0.39, 0.29) is 34.3 Å². The molecule has 0 atom stereocenters. The lowest BCUT2D eigenvalue weighted by molar-refractivity contribution is -0.384. The molecule has 3 aromatic rings. The van der Waals surface area contributed by atoms with Crippen molar-refractivity contribution in [3.63, 3.8) is 0 Å². The number of nitrogens with zero attached hydrogens (tertiary/aromatic N) is 1. The molecule has 0 unspecified atom stereocenters. The van der Waals surface area contributed by atoms with Crippen molar-refractivity contribution in [2.45, 2.75) is 20.8 Å². The Kier molecular flexibility index (Phi) is 6.66. The summed E-state index contributed by atoms with van der Waals surface area (Å²) in [6.45, 7) is 5.21. The third-order valence-electron chi connectivity index (χ3n) is 4.25. The number of benzene rings is 1. The van der Waals surface area contributed by atoms with E-state index in [1.807, 2.05) is 0 Å². The third-order valence-corrected chi connectivity index (χ3v) is 6.55. The number of non-ortho nitro benzene ring substituents is 1. The van der Waals surface area contributed by atoms with Crippen molar-refractivity contribution in [2.75, 3.05) is 18.5 Å². The number of nitrogens with one attached hydrogen (secondary N) is 1. The maximum Gasteiger partial charge on any atom is 0.348 e. The molecule has 0 saturated heterocycles. The van der Waals surface area contributed by atoms with Crippen LogP contribution in [0.5, 0.6) is 0 Å². The molecule has 2 aromatic heterocycles. The molecule has 2 heterocycles. The monoisotopic (exact) mass is 462 g/mol. The van der Waals surface area contributed by atoms with Crippen LogP contribution in [0.25, 0.3) is 10.1 Å². The molecule has 0 aliphatic rings. The van der Waals surface area contributed by atoms with Gasteiger partial charge in [-0.15, -0.1) is 22.7 Å². The predicted molar refractivity (Wildman–Crippen MR) is 117 cm³/mol. The van der Waals surface area contributed by atoms with Gasteiger partial charge in [0.1, 0.15) is 9.88 Å². The highest BCUT2D eigenvalue weighted by Gasteiger charge is 2.28. The van der Waals surface area contributed by atoms with Crippen LogP contribution in [0.3, 0.4) is 0 Å². The number of ether oxygens (including phenoxy) is 2. The zero-order valence-corrected chi connectivity index (χ0v) is 18.5. The minimum atomic E-state index is -0.658. The second kappa shape index (κ2) is 9.23. The number of fused-ring (bicyclic) bond motifs is 1. The molecule has 0 saturated carbocycles. The predicted octanol–water partition coefficient (Wildman–Crippen LogP) is 4.79. The highest BCUT2D eigenvalue weighted by Crippen LogP contribution is 2.36. The number of nitro benzene ring substituents is 1. The molecule has 1 N–H and O–H groups in total. The van der Waals surface area contributed by atoms with E-state index < -0.39 is 22.8 Å². The zero-order valence-electron chi connectivity index (χ0n) is 16.8. The molecule has 0 aliphatic heterocycles. The fourth-order valence-corrected chi connectivity index (χ4v) is 4.88. The van der Waals surface area contributed by atoms with E-state index >= 15 is 0 Å². The summed E-state index contributed by atoms with van der Waals surface area (Å²) in [7, 11) is 0. The van der Waals surface area contributed by atoms with Gasteiger partial charge in [-0.1, -0.05) is 0 Å². The van der Waals surface area contributed by atoms with Gasteiger partial charge in [-0.05, 0) is 38.5 Å². The fraction of sp³-hybridized carbons (Fsp3) is 0.250. The summed E-state index contributed by atoms with van der Waals surface area (Å²) in [4.78, 5) is 48.5. The largest absolute Gasteiger partial charge is 0.462 e. The Morgan fingerprint density at radius 3 is 2.39 bits per heavy atom. The first-order valence-electron chi connectivity index (χ1n) is 9.23. The van der Waals surface area contributed by atoms with Gasteiger partial charge in [-0.3, -0.25) is 14.9 Å². The molecular formula is C20H18N2O7S2. The topological polar surface area (TPSA) is 125 Å². The number of thiophene rings is 2. The van der Waals surface area contributed by atoms with Crippen LogP contribution in [-0.4, -0.2) is 36.0 Å². The van der Waals surface area contributed by atoms with Gasteiger partial charge in [0.2, 0.25) is 0 Å². The van der Waals surface area contributed by atoms with Crippen molar-refractivity contribution in [1.82, 2.24) is 0 Å². The highest BCUT2D eigenvalue weighted by molar-refractivity contribution is 7.21. The molecular weight excluding hydrogens is 444 g/mol. The number of hydrogen-bond donors (Lipinski definition) is 1. The number of anilines is 1. The van der Waals surface area contributed by atoms with E-state index in [4.69, 9.17) is 9.47 Å². The smallest absolute Gasteiger partial charge is 0.348 e. The van der Waals surface area contributed by atoms with E-state index in [9.17, 15) is 24.5 Å². The molecule has 0 radical (unpaired) electrons. The second-order valence-electron chi connectivity index (χ2n) is 6.25. The van der Waals surface area contributed by atoms with Crippen LogP contribution in [0.2, 0.25) is 0 Å². The number of carbonyl (C=O) groups excluding carboxylic acids is 3. The molecule has 162 valence electrons. The van der Waals surface area contributed by atoms with Crippen molar-refractivity contribution in [3.05, 3.63) is 55.3 Å². The Balaban J connectivity index is 1.96. The average Bonchev–Trinajstić information content (AvgIpc) is 3.28. The molecule has 9 nitrogen and oxygen atoms in total. The average molecular weight is 463 g/mol. The van der Waals surface area contributed by atoms with Gasteiger partial charge in [0, 0.05) is 22.2 Å². The number of hydrogen-bond acceptors (Lipinski definition) is 9. The van der Waals surface area contributed by atoms with Gasteiger partial charge in [-0.2, -0.15) is 0 Å². The van der Waals surface area contributed by atoms with Crippen LogP contribution in [0, 0.1) is 17.0 Å². The minimum absolute atomic E-state index is 0.0742. The number of amides is 1. The number of esters is 2. The third kappa shape index (κ3) is 4.57. The fourth-order valence-electron chi connectivity index (χ4n) is 2.86. The maximum atomic E-state index is 12.9. The van der Waals surface area contributed by atoms with E-state index in [1.165, 1.54) is 12.1 Å². The molecule has 0 bridgehead atoms. The molecule has 1 aromatic carbocycles. The van der Waals surface area contributed by atoms with Gasteiger partial charge in [0.25, 0.3) is 11.6 Å². The maximum absolute atomic E-state index is 12.9. The van der Waals surface area contributed by atoms with Crippen LogP contribution in [0.15, 0.2) is 24.3 Å². The summed E-state index contributed by atoms with van der Waals surface area (Å²) < 4.78 is 10.8. The SMILES string of the molecule is CCOC(=O)c1sc(NC(=O)c2cc3cc([N+](=O)[O-])ccc3s2)c(C(=O)OCC)c1C. The summed E-state index contributed by atoms with van der Waals surface area (Å²) in [6, 6.07) is 5.88. The number of carbonyl (C=O) groups is 3. The van der Waals surface area contributed by atoms with Crippen molar-refractivity contribution in [1.29, 1.82) is 0 Å². The lowest BCUT2D eigenvalue weighted by Gasteiger charge is -2.06. The first-order chi connectivity index (χ1) is 14.8. The van der Waals surface area contributed by atoms with Gasteiger partial charge >= 0.3 is 11.9 Å². The molecule has 3 rings (SSSR count). The van der Waals surface area contributed by atoms with E-state index in [0.717, 1.165) is 22.7 Å². The summed E-state index contributed by atoms with van der Waals surface area (Å²) in [5, 5.41) is 14.4. The van der Waals surface area contributed by atoms with Gasteiger partial charge in [-0.25, -0.2) is 9.59 Å². The van der Waals surface area contributed by atoms with Gasteiger partial charge in [0.15, 0.2) is 0 Å². The van der Waals surface area contributed by atoms with Crippen LogP contribution in [0.4, 0.5) is 10.7 Å². The Morgan fingerprint density at radius 1 is 1.06 bits per heavy atom. The van der Waals surface area contributed by atoms with Crippen molar-refractivity contribution in [2.24, 2.45) is 0 Å². The molecule has 11 heteroatoms. The molecule has 0 fully saturated rings. The Labute approximate surface area is 184 Å². The van der Waals surface area contributed by atoms with Crippen LogP contribution in [0.1, 0.15) is 49.1 Å². The molecule has 1 amide bonds. The summed E-state index contributed by atoms with van der Waals surface area (Å²) in [5.74, 6) is -1.76. The normalized spacial score (nSPS) is 10.7. The van der Waals surface area contributed by atoms with Crippen molar-refractivity contribution < 1.29 is 28.8 Å². The van der Waals surface area contributed by atoms with Crippen molar-refractivity contribution >= 4 is 61.3 Å². The molecule has 31 heavy (non-hydrogen) atoms. The second-order valence-corrected chi connectivity index (χ2v) is 8.35. The van der Waals surface area contributed by atoms with Gasteiger partial charge < -0.3 is 14.8 Å². The molecule has 0 spiro atoms. The number of nitro groups is 1. The standard InChI is InChI=1S/C20H18N2O7S2/c1-4-28-19(24)15-10(3)16(20(25)29-5-2)31-18(15)21-17(23)14-9-11-8-12(22(26)27)6-7-13(11)30-14/h6-9H,4-5H2,1-3H3,(H,21,23). The Bertz CT molecular complexity index is 1200. The quantitative estimate of drug-likeness (QED) is 0.304. The zero-order chi connectivity index (χ0) is 22.7. The van der Waals surface area contributed by atoms with Crippen LogP contribution in [-0.2, 0) is 9.47 Å². The summed E-state index contributed by atoms with van der Waals surface area (Å²) in [6.07, 6.45) is 0. The molecule has 0 aliphatic carbocycles.